The Kier molecular flexibility index (Phi) is 6.31. The van der Waals surface area contributed by atoms with Crippen LogP contribution >= 0.6 is 0 Å². The molecule has 1 saturated heterocycles. The van der Waals surface area contributed by atoms with Gasteiger partial charge in [-0.3, -0.25) is 9.36 Å². The van der Waals surface area contributed by atoms with E-state index in [1.54, 1.807) is 18.3 Å². The summed E-state index contributed by atoms with van der Waals surface area (Å²) >= 11 is 0. The summed E-state index contributed by atoms with van der Waals surface area (Å²) in [6.45, 7) is 1.10. The summed E-state index contributed by atoms with van der Waals surface area (Å²) in [7, 11) is -3.35. The monoisotopic (exact) mass is 520 g/mol. The molecule has 190 valence electrons. The number of nitrogens with zero attached hydrogens (tertiary/aromatic N) is 4. The van der Waals surface area contributed by atoms with Crippen LogP contribution in [-0.4, -0.2) is 48.3 Å². The number of benzene rings is 2. The first kappa shape index (κ1) is 24.7. The summed E-state index contributed by atoms with van der Waals surface area (Å²) in [6.07, 6.45) is 4.48. The number of nitrogens with two attached hydrogens (primary N) is 1. The van der Waals surface area contributed by atoms with Gasteiger partial charge in [-0.2, -0.15) is 5.26 Å². The van der Waals surface area contributed by atoms with E-state index >= 15 is 0 Å². The quantitative estimate of drug-likeness (QED) is 0.413. The second-order valence-electron chi connectivity index (χ2n) is 9.29. The molecule has 11 heteroatoms. The topological polar surface area (TPSA) is 138 Å². The van der Waals surface area contributed by atoms with Gasteiger partial charge in [-0.25, -0.2) is 17.8 Å². The maximum Gasteiger partial charge on any atom is 0.279 e. The number of sulfone groups is 1. The molecular formula is C26H25FN6O3S. The first-order chi connectivity index (χ1) is 17.7. The highest BCUT2D eigenvalue weighted by Crippen LogP contribution is 2.29. The van der Waals surface area contributed by atoms with Crippen LogP contribution in [-0.2, 0) is 16.4 Å². The van der Waals surface area contributed by atoms with Crippen molar-refractivity contribution in [1.82, 2.24) is 14.5 Å². The van der Waals surface area contributed by atoms with Crippen molar-refractivity contribution in [3.8, 4) is 17.2 Å². The fourth-order valence-corrected chi connectivity index (χ4v) is 5.36. The number of piperidine rings is 1. The zero-order valence-corrected chi connectivity index (χ0v) is 20.9. The molecule has 0 saturated carbocycles. The molecule has 1 aliphatic heterocycles. The molecule has 0 unspecified atom stereocenters. The van der Waals surface area contributed by atoms with Gasteiger partial charge in [0.2, 0.25) is 5.95 Å². The van der Waals surface area contributed by atoms with Crippen LogP contribution in [0.15, 0.2) is 58.4 Å². The Hall–Kier alpha value is -4.01. The zero-order valence-electron chi connectivity index (χ0n) is 20.1. The van der Waals surface area contributed by atoms with Crippen molar-refractivity contribution >= 4 is 26.8 Å². The number of hydrogen-bond acceptors (Lipinski definition) is 7. The Labute approximate surface area is 212 Å². The van der Waals surface area contributed by atoms with Gasteiger partial charge >= 0.3 is 0 Å². The van der Waals surface area contributed by atoms with Gasteiger partial charge in [0.1, 0.15) is 16.9 Å². The minimum Gasteiger partial charge on any atom is -0.355 e. The fraction of sp³-hybridized carbons (Fsp3) is 0.269. The molecule has 37 heavy (non-hydrogen) atoms. The molecule has 2 aromatic carbocycles. The summed E-state index contributed by atoms with van der Waals surface area (Å²) in [5, 5.41) is 9.53. The van der Waals surface area contributed by atoms with Crippen LogP contribution in [0.4, 0.5) is 10.3 Å². The molecule has 5 rings (SSSR count). The largest absolute Gasteiger partial charge is 0.355 e. The summed E-state index contributed by atoms with van der Waals surface area (Å²) in [4.78, 5) is 23.8. The first-order valence-corrected chi connectivity index (χ1v) is 13.7. The third kappa shape index (κ3) is 4.73. The maximum absolute atomic E-state index is 14.1. The second-order valence-corrected chi connectivity index (χ2v) is 11.3. The molecule has 0 bridgehead atoms. The summed E-state index contributed by atoms with van der Waals surface area (Å²) in [6, 6.07) is 12.2. The molecule has 0 radical (unpaired) electrons. The van der Waals surface area contributed by atoms with Gasteiger partial charge in [0.15, 0.2) is 9.84 Å². The van der Waals surface area contributed by atoms with Crippen molar-refractivity contribution < 1.29 is 12.8 Å². The molecule has 0 amide bonds. The predicted octanol–water partition coefficient (Wildman–Crippen LogP) is 2.78. The number of aromatic nitrogens is 3. The van der Waals surface area contributed by atoms with Crippen LogP contribution in [0.1, 0.15) is 24.0 Å². The smallest absolute Gasteiger partial charge is 0.279 e. The van der Waals surface area contributed by atoms with Crippen molar-refractivity contribution in [1.29, 1.82) is 5.26 Å². The van der Waals surface area contributed by atoms with Gasteiger partial charge in [0.25, 0.3) is 5.56 Å². The van der Waals surface area contributed by atoms with Gasteiger partial charge in [0, 0.05) is 37.1 Å². The van der Waals surface area contributed by atoms with Crippen molar-refractivity contribution in [2.24, 2.45) is 5.73 Å². The lowest BCUT2D eigenvalue weighted by Crippen LogP contribution is -2.45. The molecule has 3 N–H and O–H groups in total. The van der Waals surface area contributed by atoms with E-state index in [-0.39, 0.29) is 34.1 Å². The van der Waals surface area contributed by atoms with E-state index in [4.69, 9.17) is 10.7 Å². The fourth-order valence-electron chi connectivity index (χ4n) is 4.73. The van der Waals surface area contributed by atoms with Crippen LogP contribution in [0.3, 0.4) is 0 Å². The minimum atomic E-state index is -3.35. The van der Waals surface area contributed by atoms with E-state index in [2.05, 4.69) is 11.1 Å². The summed E-state index contributed by atoms with van der Waals surface area (Å²) in [5.41, 5.74) is 8.52. The number of nitriles is 1. The molecule has 1 aliphatic rings. The standard InChI is InChI=1S/C26H25FN6O3S/c1-37(35,36)21-8-5-16(6-9-21)22-13-30-24-23(22)31-26(32-10-2-3-20(29)15-32)33(25(24)34)14-18-11-19(27)7-4-17(18)12-28/h4-9,11,13,20,30H,2-3,10,14-15,29H2,1H3/t20-/m1/s1. The normalized spacial score (nSPS) is 16.2. The van der Waals surface area contributed by atoms with E-state index in [0.29, 0.717) is 41.2 Å². The van der Waals surface area contributed by atoms with Gasteiger partial charge in [-0.1, -0.05) is 12.1 Å². The average molecular weight is 521 g/mol. The molecule has 0 spiro atoms. The lowest BCUT2D eigenvalue weighted by molar-refractivity contribution is 0.491. The zero-order chi connectivity index (χ0) is 26.3. The number of hydrogen-bond donors (Lipinski definition) is 2. The third-order valence-corrected chi connectivity index (χ3v) is 7.74. The number of anilines is 1. The highest BCUT2D eigenvalue weighted by molar-refractivity contribution is 7.90. The Bertz CT molecular complexity index is 1700. The van der Waals surface area contributed by atoms with Crippen molar-refractivity contribution in [3.63, 3.8) is 0 Å². The van der Waals surface area contributed by atoms with Gasteiger partial charge in [0.05, 0.1) is 23.1 Å². The lowest BCUT2D eigenvalue weighted by atomic mass is 10.1. The van der Waals surface area contributed by atoms with Gasteiger partial charge < -0.3 is 15.6 Å². The number of fused-ring (bicyclic) bond motifs is 1. The number of rotatable bonds is 5. The third-order valence-electron chi connectivity index (χ3n) is 6.62. The molecule has 3 heterocycles. The highest BCUT2D eigenvalue weighted by Gasteiger charge is 2.25. The summed E-state index contributed by atoms with van der Waals surface area (Å²) in [5.74, 6) is -0.119. The number of nitrogens with one attached hydrogen (secondary N) is 1. The van der Waals surface area contributed by atoms with Crippen molar-refractivity contribution in [2.45, 2.75) is 30.3 Å². The van der Waals surface area contributed by atoms with E-state index in [0.717, 1.165) is 19.1 Å². The molecule has 1 fully saturated rings. The number of halogens is 1. The van der Waals surface area contributed by atoms with Gasteiger partial charge in [-0.05, 0) is 54.3 Å². The molecule has 0 aliphatic carbocycles. The van der Waals surface area contributed by atoms with Crippen LogP contribution in [0.5, 0.6) is 0 Å². The second kappa shape index (κ2) is 9.46. The van der Waals surface area contributed by atoms with Crippen LogP contribution in [0, 0.1) is 17.1 Å². The molecule has 4 aromatic rings. The first-order valence-electron chi connectivity index (χ1n) is 11.8. The molecular weight excluding hydrogens is 495 g/mol. The number of aromatic amines is 1. The van der Waals surface area contributed by atoms with Crippen molar-refractivity contribution in [3.05, 3.63) is 76.0 Å². The number of H-pyrrole nitrogens is 1. The van der Waals surface area contributed by atoms with E-state index in [9.17, 15) is 22.9 Å². The maximum atomic E-state index is 14.1. The molecule has 1 atom stereocenters. The van der Waals surface area contributed by atoms with Crippen molar-refractivity contribution in [2.75, 3.05) is 24.2 Å². The SMILES string of the molecule is CS(=O)(=O)c1ccc(-c2c[nH]c3c(=O)n(Cc4cc(F)ccc4C#N)c(N4CCC[C@@H](N)C4)nc23)cc1. The van der Waals surface area contributed by atoms with E-state index < -0.39 is 15.7 Å². The van der Waals surface area contributed by atoms with E-state index in [1.165, 1.54) is 34.9 Å². The molecule has 2 aromatic heterocycles. The van der Waals surface area contributed by atoms with Crippen LogP contribution < -0.4 is 16.2 Å². The summed E-state index contributed by atoms with van der Waals surface area (Å²) < 4.78 is 39.2. The predicted molar refractivity (Wildman–Crippen MR) is 139 cm³/mol. The van der Waals surface area contributed by atoms with Crippen LogP contribution in [0.25, 0.3) is 22.2 Å². The highest BCUT2D eigenvalue weighted by atomic mass is 32.2. The Morgan fingerprint density at radius 1 is 1.24 bits per heavy atom. The van der Waals surface area contributed by atoms with E-state index in [1.807, 2.05) is 4.90 Å². The Morgan fingerprint density at radius 3 is 2.68 bits per heavy atom. The minimum absolute atomic E-state index is 0.0408. The Morgan fingerprint density at radius 2 is 2.00 bits per heavy atom. The average Bonchev–Trinajstić information content (AvgIpc) is 3.29. The van der Waals surface area contributed by atoms with Crippen LogP contribution in [0.2, 0.25) is 0 Å². The molecule has 9 nitrogen and oxygen atoms in total. The van der Waals surface area contributed by atoms with Gasteiger partial charge in [-0.15, -0.1) is 0 Å². The Balaban J connectivity index is 1.69. The lowest BCUT2D eigenvalue weighted by Gasteiger charge is -2.33.